The predicted octanol–water partition coefficient (Wildman–Crippen LogP) is -0.849. The molecule has 2 rings (SSSR count). The molecule has 2 fully saturated rings. The number of fused-ring (bicyclic) bond motifs is 1. The zero-order chi connectivity index (χ0) is 12.3. The Morgan fingerprint density at radius 2 is 2.29 bits per heavy atom. The first kappa shape index (κ1) is 13.2. The van der Waals surface area contributed by atoms with Gasteiger partial charge in [0.1, 0.15) is 0 Å². The highest BCUT2D eigenvalue weighted by atomic mass is 32.2. The summed E-state index contributed by atoms with van der Waals surface area (Å²) in [6.07, 6.45) is 2.27. The largest absolute Gasteiger partial charge is 0.383 e. The zero-order valence-electron chi connectivity index (χ0n) is 10.2. The number of nitrogens with one attached hydrogen (secondary N) is 2. The molecule has 17 heavy (non-hydrogen) atoms. The summed E-state index contributed by atoms with van der Waals surface area (Å²) in [4.78, 5) is 0. The second kappa shape index (κ2) is 5.62. The van der Waals surface area contributed by atoms with Crippen LogP contribution in [0.1, 0.15) is 12.8 Å². The molecule has 2 aliphatic heterocycles. The van der Waals surface area contributed by atoms with Crippen LogP contribution in [0.3, 0.4) is 0 Å². The van der Waals surface area contributed by atoms with Crippen molar-refractivity contribution in [3.63, 3.8) is 0 Å². The van der Waals surface area contributed by atoms with E-state index in [1.165, 1.54) is 0 Å². The van der Waals surface area contributed by atoms with Gasteiger partial charge in [-0.3, -0.25) is 0 Å². The summed E-state index contributed by atoms with van der Waals surface area (Å²) >= 11 is 0. The van der Waals surface area contributed by atoms with Crippen LogP contribution in [0, 0.1) is 5.92 Å². The van der Waals surface area contributed by atoms with Gasteiger partial charge in [0.25, 0.3) is 10.2 Å². The van der Waals surface area contributed by atoms with E-state index in [9.17, 15) is 8.42 Å². The molecule has 0 radical (unpaired) electrons. The van der Waals surface area contributed by atoms with Crippen molar-refractivity contribution in [2.45, 2.75) is 18.9 Å². The number of methoxy groups -OCH3 is 1. The maximum absolute atomic E-state index is 12.0. The summed E-state index contributed by atoms with van der Waals surface area (Å²) < 4.78 is 32.9. The van der Waals surface area contributed by atoms with Gasteiger partial charge in [-0.2, -0.15) is 17.4 Å². The third-order valence-corrected chi connectivity index (χ3v) is 5.04. The Morgan fingerprint density at radius 3 is 3.00 bits per heavy atom. The van der Waals surface area contributed by atoms with Gasteiger partial charge in [-0.15, -0.1) is 0 Å². The summed E-state index contributed by atoms with van der Waals surface area (Å²) in [7, 11) is -1.77. The second-order valence-corrected chi connectivity index (χ2v) is 6.43. The number of hydrogen-bond acceptors (Lipinski definition) is 4. The number of nitrogens with zero attached hydrogens (tertiary/aromatic N) is 1. The van der Waals surface area contributed by atoms with Gasteiger partial charge < -0.3 is 10.1 Å². The number of hydrogen-bond donors (Lipinski definition) is 2. The van der Waals surface area contributed by atoms with Crippen molar-refractivity contribution in [1.29, 1.82) is 0 Å². The molecule has 0 aromatic heterocycles. The fourth-order valence-corrected chi connectivity index (χ4v) is 3.84. The molecular formula is C10H21N3O3S. The Morgan fingerprint density at radius 1 is 1.47 bits per heavy atom. The minimum absolute atomic E-state index is 0.331. The Labute approximate surface area is 103 Å². The van der Waals surface area contributed by atoms with E-state index in [0.29, 0.717) is 38.2 Å². The van der Waals surface area contributed by atoms with Crippen molar-refractivity contribution in [2.75, 3.05) is 39.9 Å². The average molecular weight is 263 g/mol. The first-order valence-electron chi connectivity index (χ1n) is 6.10. The standard InChI is InChI=1S/C10H21N3O3S/c1-16-6-5-12-17(14,15)13-7-9-3-2-4-11-10(9)8-13/h9-12H,2-8H2,1H3. The zero-order valence-corrected chi connectivity index (χ0v) is 11.0. The molecule has 0 saturated carbocycles. The van der Waals surface area contributed by atoms with Crippen LogP contribution in [-0.2, 0) is 14.9 Å². The van der Waals surface area contributed by atoms with Crippen LogP contribution in [0.15, 0.2) is 0 Å². The molecular weight excluding hydrogens is 242 g/mol. The van der Waals surface area contributed by atoms with Crippen molar-refractivity contribution in [3.05, 3.63) is 0 Å². The summed E-state index contributed by atoms with van der Waals surface area (Å²) in [6.45, 7) is 2.97. The molecule has 2 heterocycles. The van der Waals surface area contributed by atoms with Crippen LogP contribution >= 0.6 is 0 Å². The van der Waals surface area contributed by atoms with Gasteiger partial charge in [0, 0.05) is 32.8 Å². The van der Waals surface area contributed by atoms with Gasteiger partial charge in [0.15, 0.2) is 0 Å². The highest BCUT2D eigenvalue weighted by molar-refractivity contribution is 7.87. The third-order valence-electron chi connectivity index (χ3n) is 3.50. The van der Waals surface area contributed by atoms with Gasteiger partial charge in [-0.05, 0) is 25.3 Å². The van der Waals surface area contributed by atoms with Crippen LogP contribution in [0.2, 0.25) is 0 Å². The highest BCUT2D eigenvalue weighted by Crippen LogP contribution is 2.26. The van der Waals surface area contributed by atoms with Gasteiger partial charge >= 0.3 is 0 Å². The lowest BCUT2D eigenvalue weighted by Gasteiger charge is -2.24. The molecule has 2 aliphatic rings. The van der Waals surface area contributed by atoms with Crippen molar-refractivity contribution in [2.24, 2.45) is 5.92 Å². The molecule has 0 spiro atoms. The topological polar surface area (TPSA) is 70.7 Å². The van der Waals surface area contributed by atoms with Crippen molar-refractivity contribution >= 4 is 10.2 Å². The predicted molar refractivity (Wildman–Crippen MR) is 64.9 cm³/mol. The first-order chi connectivity index (χ1) is 8.13. The second-order valence-electron chi connectivity index (χ2n) is 4.67. The number of ether oxygens (including phenoxy) is 1. The molecule has 7 heteroatoms. The van der Waals surface area contributed by atoms with Crippen LogP contribution in [-0.4, -0.2) is 58.7 Å². The molecule has 6 nitrogen and oxygen atoms in total. The lowest BCUT2D eigenvalue weighted by Crippen LogP contribution is -2.43. The smallest absolute Gasteiger partial charge is 0.279 e. The SMILES string of the molecule is COCCNS(=O)(=O)N1CC2CCCNC2C1. The lowest BCUT2D eigenvalue weighted by atomic mass is 9.94. The minimum atomic E-state index is -3.33. The summed E-state index contributed by atoms with van der Waals surface area (Å²) in [5.41, 5.74) is 0. The molecule has 2 unspecified atom stereocenters. The molecule has 2 saturated heterocycles. The van der Waals surface area contributed by atoms with Gasteiger partial charge in [-0.1, -0.05) is 0 Å². The molecule has 0 aromatic carbocycles. The molecule has 0 amide bonds. The Balaban J connectivity index is 1.89. The van der Waals surface area contributed by atoms with E-state index in [1.807, 2.05) is 0 Å². The van der Waals surface area contributed by atoms with Crippen LogP contribution in [0.5, 0.6) is 0 Å². The van der Waals surface area contributed by atoms with E-state index in [-0.39, 0.29) is 0 Å². The van der Waals surface area contributed by atoms with Gasteiger partial charge in [-0.25, -0.2) is 0 Å². The fraction of sp³-hybridized carbons (Fsp3) is 1.00. The van der Waals surface area contributed by atoms with E-state index in [0.717, 1.165) is 19.4 Å². The van der Waals surface area contributed by atoms with Gasteiger partial charge in [0.05, 0.1) is 6.61 Å². The van der Waals surface area contributed by atoms with Crippen molar-refractivity contribution in [3.8, 4) is 0 Å². The van der Waals surface area contributed by atoms with Crippen molar-refractivity contribution < 1.29 is 13.2 Å². The summed E-state index contributed by atoms with van der Waals surface area (Å²) in [5.74, 6) is 0.475. The maximum Gasteiger partial charge on any atom is 0.279 e. The highest BCUT2D eigenvalue weighted by Gasteiger charge is 2.39. The minimum Gasteiger partial charge on any atom is -0.383 e. The van der Waals surface area contributed by atoms with Crippen LogP contribution in [0.25, 0.3) is 0 Å². The van der Waals surface area contributed by atoms with E-state index in [2.05, 4.69) is 10.0 Å². The Hall–Kier alpha value is -0.210. The Kier molecular flexibility index (Phi) is 4.37. The monoisotopic (exact) mass is 263 g/mol. The summed E-state index contributed by atoms with van der Waals surface area (Å²) in [5, 5.41) is 3.39. The van der Waals surface area contributed by atoms with E-state index in [1.54, 1.807) is 11.4 Å². The average Bonchev–Trinajstić information content (AvgIpc) is 2.73. The molecule has 2 N–H and O–H groups in total. The summed E-state index contributed by atoms with van der Waals surface area (Å²) in [6, 6.07) is 0.336. The third kappa shape index (κ3) is 3.17. The van der Waals surface area contributed by atoms with Crippen LogP contribution < -0.4 is 10.0 Å². The van der Waals surface area contributed by atoms with E-state index < -0.39 is 10.2 Å². The van der Waals surface area contributed by atoms with Crippen LogP contribution in [0.4, 0.5) is 0 Å². The van der Waals surface area contributed by atoms with Gasteiger partial charge in [0.2, 0.25) is 0 Å². The molecule has 100 valence electrons. The van der Waals surface area contributed by atoms with E-state index in [4.69, 9.17) is 4.74 Å². The molecule has 2 atom stereocenters. The number of piperidine rings is 1. The fourth-order valence-electron chi connectivity index (χ4n) is 2.57. The number of rotatable bonds is 5. The quantitative estimate of drug-likeness (QED) is 0.634. The Bertz CT molecular complexity index is 333. The normalized spacial score (nSPS) is 30.4. The van der Waals surface area contributed by atoms with E-state index >= 15 is 0 Å². The first-order valence-corrected chi connectivity index (χ1v) is 7.54. The maximum atomic E-state index is 12.0. The molecule has 0 bridgehead atoms. The molecule has 0 aromatic rings. The molecule has 0 aliphatic carbocycles. The lowest BCUT2D eigenvalue weighted by molar-refractivity contribution is 0.204. The van der Waals surface area contributed by atoms with Crippen molar-refractivity contribution in [1.82, 2.24) is 14.3 Å².